The minimum absolute atomic E-state index is 0.0512. The molecule has 0 radical (unpaired) electrons. The van der Waals surface area contributed by atoms with Gasteiger partial charge in [-0.3, -0.25) is 4.79 Å². The predicted octanol–water partition coefficient (Wildman–Crippen LogP) is 0.930. The van der Waals surface area contributed by atoms with Crippen molar-refractivity contribution in [3.63, 3.8) is 0 Å². The molecule has 19 heavy (non-hydrogen) atoms. The van der Waals surface area contributed by atoms with Crippen molar-refractivity contribution < 1.29 is 14.3 Å². The van der Waals surface area contributed by atoms with Crippen LogP contribution in [-0.4, -0.2) is 39.8 Å². The van der Waals surface area contributed by atoms with E-state index in [9.17, 15) is 9.59 Å². The van der Waals surface area contributed by atoms with Gasteiger partial charge in [-0.1, -0.05) is 13.8 Å². The van der Waals surface area contributed by atoms with Gasteiger partial charge in [-0.05, 0) is 19.8 Å². The molecular weight excluding hydrogens is 248 g/mol. The maximum absolute atomic E-state index is 12.0. The molecule has 1 heterocycles. The van der Waals surface area contributed by atoms with Gasteiger partial charge in [-0.15, -0.1) is 5.10 Å². The Labute approximate surface area is 112 Å². The second-order valence-corrected chi connectivity index (χ2v) is 4.24. The van der Waals surface area contributed by atoms with Crippen LogP contribution in [-0.2, 0) is 9.53 Å². The largest absolute Gasteiger partial charge is 0.463 e. The highest BCUT2D eigenvalue weighted by Gasteiger charge is 2.20. The Balaban J connectivity index is 2.71. The fourth-order valence-corrected chi connectivity index (χ4v) is 1.58. The Morgan fingerprint density at radius 2 is 2.05 bits per heavy atom. The molecule has 0 bridgehead atoms. The summed E-state index contributed by atoms with van der Waals surface area (Å²) in [5, 5.41) is 6.85. The maximum atomic E-state index is 12.0. The zero-order valence-corrected chi connectivity index (χ0v) is 11.7. The van der Waals surface area contributed by atoms with Crippen LogP contribution in [0.25, 0.3) is 0 Å². The van der Waals surface area contributed by atoms with E-state index >= 15 is 0 Å². The second-order valence-electron chi connectivity index (χ2n) is 4.24. The van der Waals surface area contributed by atoms with Gasteiger partial charge in [-0.25, -0.2) is 14.5 Å². The molecule has 106 valence electrons. The number of amides is 1. The molecule has 0 aliphatic carbocycles. The van der Waals surface area contributed by atoms with Crippen LogP contribution in [0.5, 0.6) is 0 Å². The van der Waals surface area contributed by atoms with Crippen LogP contribution in [0, 0.1) is 0 Å². The number of rotatable bonds is 6. The van der Waals surface area contributed by atoms with Gasteiger partial charge in [0.15, 0.2) is 0 Å². The molecule has 0 aliphatic rings. The Morgan fingerprint density at radius 1 is 1.42 bits per heavy atom. The first kappa shape index (κ1) is 15.1. The number of ether oxygens (including phenoxy) is 1. The minimum atomic E-state index is -0.619. The lowest BCUT2D eigenvalue weighted by Gasteiger charge is -2.18. The zero-order chi connectivity index (χ0) is 14.4. The summed E-state index contributed by atoms with van der Waals surface area (Å²) in [4.78, 5) is 27.0. The van der Waals surface area contributed by atoms with E-state index in [0.29, 0.717) is 0 Å². The quantitative estimate of drug-likeness (QED) is 0.776. The summed E-state index contributed by atoms with van der Waals surface area (Å²) in [5.74, 6) is -0.814. The third-order valence-corrected chi connectivity index (χ3v) is 2.98. The van der Waals surface area contributed by atoms with Crippen LogP contribution >= 0.6 is 0 Å². The van der Waals surface area contributed by atoms with Crippen molar-refractivity contribution >= 4 is 11.9 Å². The van der Waals surface area contributed by atoms with E-state index in [-0.39, 0.29) is 17.8 Å². The lowest BCUT2D eigenvalue weighted by atomic mass is 10.1. The third kappa shape index (κ3) is 3.77. The van der Waals surface area contributed by atoms with Gasteiger partial charge >= 0.3 is 5.97 Å². The number of hydrogen-bond donors (Lipinski definition) is 1. The van der Waals surface area contributed by atoms with Gasteiger partial charge in [0.05, 0.1) is 7.11 Å². The van der Waals surface area contributed by atoms with Gasteiger partial charge in [0, 0.05) is 6.04 Å². The number of methoxy groups -OCH3 is 1. The number of esters is 1. The zero-order valence-electron chi connectivity index (χ0n) is 11.7. The van der Waals surface area contributed by atoms with Crippen molar-refractivity contribution in [1.82, 2.24) is 20.1 Å². The van der Waals surface area contributed by atoms with Crippen LogP contribution < -0.4 is 5.32 Å². The highest BCUT2D eigenvalue weighted by Crippen LogP contribution is 2.06. The van der Waals surface area contributed by atoms with Crippen molar-refractivity contribution in [2.45, 2.75) is 45.7 Å². The Morgan fingerprint density at radius 3 is 2.58 bits per heavy atom. The van der Waals surface area contributed by atoms with E-state index < -0.39 is 12.0 Å². The molecule has 1 unspecified atom stereocenters. The summed E-state index contributed by atoms with van der Waals surface area (Å²) in [6.07, 6.45) is 3.10. The molecule has 1 rings (SSSR count). The van der Waals surface area contributed by atoms with E-state index in [2.05, 4.69) is 20.1 Å². The summed E-state index contributed by atoms with van der Waals surface area (Å²) in [5.41, 5.74) is 0. The van der Waals surface area contributed by atoms with Crippen LogP contribution in [0.1, 0.15) is 50.3 Å². The van der Waals surface area contributed by atoms with Crippen LogP contribution in [0.2, 0.25) is 0 Å². The molecule has 0 fully saturated rings. The highest BCUT2D eigenvalue weighted by atomic mass is 16.5. The van der Waals surface area contributed by atoms with Gasteiger partial charge < -0.3 is 10.1 Å². The van der Waals surface area contributed by atoms with Crippen molar-refractivity contribution in [3.8, 4) is 0 Å². The monoisotopic (exact) mass is 268 g/mol. The maximum Gasteiger partial charge on any atom is 0.377 e. The number of carbonyl (C=O) groups is 2. The smallest absolute Gasteiger partial charge is 0.377 e. The molecular formula is C12H20N4O3. The van der Waals surface area contributed by atoms with E-state index in [1.54, 1.807) is 6.92 Å². The van der Waals surface area contributed by atoms with Crippen LogP contribution in [0.15, 0.2) is 6.33 Å². The molecule has 1 aromatic rings. The number of aromatic nitrogens is 3. The molecule has 1 atom stereocenters. The standard InChI is InChI=1S/C12H20N4O3/c1-5-9(6-2)14-11(17)8(3)16-7-13-10(15-16)12(18)19-4/h7-9H,5-6H2,1-4H3,(H,14,17). The first-order valence-corrected chi connectivity index (χ1v) is 6.33. The van der Waals surface area contributed by atoms with Crippen molar-refractivity contribution in [3.05, 3.63) is 12.2 Å². The molecule has 0 saturated carbocycles. The molecule has 1 N–H and O–H groups in total. The summed E-state index contributed by atoms with van der Waals surface area (Å²) in [6, 6.07) is -0.370. The fraction of sp³-hybridized carbons (Fsp3) is 0.667. The summed E-state index contributed by atoms with van der Waals surface area (Å²) in [7, 11) is 1.26. The van der Waals surface area contributed by atoms with Crippen molar-refractivity contribution in [2.75, 3.05) is 7.11 Å². The first-order chi connectivity index (χ1) is 9.03. The topological polar surface area (TPSA) is 86.1 Å². The Bertz CT molecular complexity index is 440. The first-order valence-electron chi connectivity index (χ1n) is 6.33. The second kappa shape index (κ2) is 6.86. The van der Waals surface area contributed by atoms with Crippen molar-refractivity contribution in [1.29, 1.82) is 0 Å². The van der Waals surface area contributed by atoms with Gasteiger partial charge in [-0.2, -0.15) is 0 Å². The molecule has 0 aromatic carbocycles. The fourth-order valence-electron chi connectivity index (χ4n) is 1.58. The normalized spacial score (nSPS) is 12.3. The lowest BCUT2D eigenvalue weighted by Crippen LogP contribution is -2.38. The summed E-state index contributed by atoms with van der Waals surface area (Å²) >= 11 is 0. The molecule has 0 saturated heterocycles. The Kier molecular flexibility index (Phi) is 5.47. The number of nitrogens with zero attached hydrogens (tertiary/aromatic N) is 3. The minimum Gasteiger partial charge on any atom is -0.463 e. The summed E-state index contributed by atoms with van der Waals surface area (Å²) < 4.78 is 5.86. The molecule has 0 spiro atoms. The average molecular weight is 268 g/mol. The average Bonchev–Trinajstić information content (AvgIpc) is 2.92. The Hall–Kier alpha value is -1.92. The van der Waals surface area contributed by atoms with Crippen LogP contribution in [0.4, 0.5) is 0 Å². The van der Waals surface area contributed by atoms with Crippen LogP contribution in [0.3, 0.4) is 0 Å². The van der Waals surface area contributed by atoms with E-state index in [0.717, 1.165) is 12.8 Å². The highest BCUT2D eigenvalue weighted by molar-refractivity contribution is 5.85. The predicted molar refractivity (Wildman–Crippen MR) is 68.6 cm³/mol. The van der Waals surface area contributed by atoms with Gasteiger partial charge in [0.2, 0.25) is 5.91 Å². The molecule has 0 aliphatic heterocycles. The summed E-state index contributed by atoms with van der Waals surface area (Å²) in [6.45, 7) is 5.74. The molecule has 7 heteroatoms. The van der Waals surface area contributed by atoms with E-state index in [4.69, 9.17) is 0 Å². The van der Waals surface area contributed by atoms with E-state index in [1.807, 2.05) is 13.8 Å². The van der Waals surface area contributed by atoms with Gasteiger partial charge in [0.25, 0.3) is 5.82 Å². The number of hydrogen-bond acceptors (Lipinski definition) is 5. The van der Waals surface area contributed by atoms with Gasteiger partial charge in [0.1, 0.15) is 12.4 Å². The van der Waals surface area contributed by atoms with E-state index in [1.165, 1.54) is 18.1 Å². The number of nitrogens with one attached hydrogen (secondary N) is 1. The molecule has 7 nitrogen and oxygen atoms in total. The third-order valence-electron chi connectivity index (χ3n) is 2.98. The molecule has 1 aromatic heterocycles. The molecule has 1 amide bonds. The lowest BCUT2D eigenvalue weighted by molar-refractivity contribution is -0.124. The number of carbonyl (C=O) groups excluding carboxylic acids is 2. The van der Waals surface area contributed by atoms with Crippen molar-refractivity contribution in [2.24, 2.45) is 0 Å². The SMILES string of the molecule is CCC(CC)NC(=O)C(C)n1cnc(C(=O)OC)n1.